The van der Waals surface area contributed by atoms with Gasteiger partial charge in [-0.05, 0) is 54.2 Å². The monoisotopic (exact) mass is 580 g/mol. The first-order chi connectivity index (χ1) is 22.1. The smallest absolute Gasteiger partial charge is 0.178 e. The fourth-order valence-corrected chi connectivity index (χ4v) is 8.62. The number of carbonyl (C=O) groups excluding carboxylic acids is 3. The van der Waals surface area contributed by atoms with Gasteiger partial charge in [0.25, 0.3) is 0 Å². The molecule has 0 radical (unpaired) electrons. The van der Waals surface area contributed by atoms with Crippen LogP contribution in [0.5, 0.6) is 0 Å². The lowest BCUT2D eigenvalue weighted by molar-refractivity contribution is -0.122. The van der Waals surface area contributed by atoms with Crippen molar-refractivity contribution in [2.75, 3.05) is 0 Å². The normalized spacial score (nSPS) is 19.2. The Morgan fingerprint density at radius 2 is 0.778 bits per heavy atom. The molecule has 2 atom stereocenters. The molecule has 1 saturated carbocycles. The first-order valence-electron chi connectivity index (χ1n) is 15.6. The summed E-state index contributed by atoms with van der Waals surface area (Å²) in [5.41, 5.74) is 1.24. The minimum absolute atomic E-state index is 0.0710. The van der Waals surface area contributed by atoms with Gasteiger partial charge in [0.2, 0.25) is 0 Å². The Bertz CT molecular complexity index is 2250. The van der Waals surface area contributed by atoms with Gasteiger partial charge in [0.15, 0.2) is 11.6 Å². The molecule has 0 unspecified atom stereocenters. The first kappa shape index (κ1) is 26.0. The highest BCUT2D eigenvalue weighted by Crippen LogP contribution is 2.62. The van der Waals surface area contributed by atoms with Crippen LogP contribution in [0.1, 0.15) is 56.5 Å². The van der Waals surface area contributed by atoms with E-state index in [2.05, 4.69) is 60.7 Å². The Morgan fingerprint density at radius 3 is 1.22 bits per heavy atom. The van der Waals surface area contributed by atoms with Crippen molar-refractivity contribution in [3.8, 4) is 0 Å². The van der Waals surface area contributed by atoms with E-state index in [1.165, 1.54) is 0 Å². The Balaban J connectivity index is 1.41. The predicted octanol–water partition coefficient (Wildman–Crippen LogP) is 9.60. The maximum Gasteiger partial charge on any atom is 0.178 e. The number of hydrogen-bond acceptors (Lipinski definition) is 3. The first-order valence-corrected chi connectivity index (χ1v) is 15.6. The minimum atomic E-state index is -1.46. The molecule has 7 aromatic rings. The molecule has 0 aromatic heterocycles. The second kappa shape index (κ2) is 9.54. The molecular weight excluding hydrogens is 552 g/mol. The van der Waals surface area contributed by atoms with Crippen molar-refractivity contribution in [2.24, 2.45) is 5.41 Å². The third-order valence-corrected chi connectivity index (χ3v) is 10.5. The summed E-state index contributed by atoms with van der Waals surface area (Å²) in [6, 6.07) is 44.3. The van der Waals surface area contributed by atoms with Crippen molar-refractivity contribution in [3.05, 3.63) is 156 Å². The average molecular weight is 581 g/mol. The van der Waals surface area contributed by atoms with E-state index in [0.29, 0.717) is 11.1 Å². The molecule has 9 rings (SSSR count). The van der Waals surface area contributed by atoms with Crippen molar-refractivity contribution >= 4 is 60.4 Å². The van der Waals surface area contributed by atoms with Crippen LogP contribution in [0.3, 0.4) is 0 Å². The summed E-state index contributed by atoms with van der Waals surface area (Å²) in [5, 5.41) is 8.35. The van der Waals surface area contributed by atoms with Gasteiger partial charge in [0, 0.05) is 35.8 Å². The van der Waals surface area contributed by atoms with Crippen LogP contribution in [0.4, 0.5) is 0 Å². The van der Waals surface area contributed by atoms with Gasteiger partial charge < -0.3 is 0 Å². The van der Waals surface area contributed by atoms with Crippen LogP contribution >= 0.6 is 0 Å². The molecule has 0 saturated heterocycles. The molecule has 0 aliphatic heterocycles. The lowest BCUT2D eigenvalue weighted by atomic mass is 9.53. The fraction of sp³-hybridized carbons (Fsp3) is 0.119. The number of hydrogen-bond donors (Lipinski definition) is 0. The molecule has 0 amide bonds. The quantitative estimate of drug-likeness (QED) is 0.151. The Labute approximate surface area is 260 Å². The molecule has 3 heteroatoms. The van der Waals surface area contributed by atoms with Gasteiger partial charge in [-0.3, -0.25) is 14.4 Å². The maximum absolute atomic E-state index is 15.1. The van der Waals surface area contributed by atoms with Gasteiger partial charge in [0.05, 0.1) is 0 Å². The van der Waals surface area contributed by atoms with E-state index in [4.69, 9.17) is 0 Å². The van der Waals surface area contributed by atoms with E-state index in [9.17, 15) is 4.79 Å². The second-order valence-corrected chi connectivity index (χ2v) is 12.6. The molecule has 7 aromatic carbocycles. The van der Waals surface area contributed by atoms with Crippen LogP contribution in [0, 0.1) is 5.41 Å². The zero-order valence-corrected chi connectivity index (χ0v) is 24.5. The predicted molar refractivity (Wildman–Crippen MR) is 180 cm³/mol. The number of fused-ring (bicyclic) bond motifs is 7. The van der Waals surface area contributed by atoms with Gasteiger partial charge in [-0.25, -0.2) is 0 Å². The number of Topliss-reactive ketones (excluding diaryl/α,β-unsaturated/α-hetero) is 3. The van der Waals surface area contributed by atoms with Crippen LogP contribution in [-0.2, 0) is 4.79 Å². The number of carbonyl (C=O) groups is 3. The van der Waals surface area contributed by atoms with Crippen molar-refractivity contribution < 1.29 is 14.4 Å². The lowest BCUT2D eigenvalue weighted by Crippen LogP contribution is -2.49. The summed E-state index contributed by atoms with van der Waals surface area (Å²) in [5.74, 6) is -1.52. The average Bonchev–Trinajstić information content (AvgIpc) is 3.31. The summed E-state index contributed by atoms with van der Waals surface area (Å²) >= 11 is 0. The van der Waals surface area contributed by atoms with E-state index < -0.39 is 17.3 Å². The van der Waals surface area contributed by atoms with E-state index in [0.717, 1.165) is 54.2 Å². The zero-order chi connectivity index (χ0) is 30.3. The summed E-state index contributed by atoms with van der Waals surface area (Å²) < 4.78 is 0. The highest BCUT2D eigenvalue weighted by Gasteiger charge is 2.65. The number of rotatable bonds is 2. The molecule has 0 N–H and O–H groups in total. The van der Waals surface area contributed by atoms with E-state index in [1.54, 1.807) is 12.1 Å². The van der Waals surface area contributed by atoms with Crippen LogP contribution in [-0.4, -0.2) is 17.3 Å². The molecule has 2 aliphatic rings. The summed E-state index contributed by atoms with van der Waals surface area (Å²) in [4.78, 5) is 44.3. The summed E-state index contributed by atoms with van der Waals surface area (Å²) in [6.07, 6.45) is 0.269. The molecule has 0 heterocycles. The largest absolute Gasteiger partial charge is 0.300 e. The van der Waals surface area contributed by atoms with Crippen molar-refractivity contribution in [3.63, 3.8) is 0 Å². The Kier molecular flexibility index (Phi) is 5.52. The molecule has 1 fully saturated rings. The topological polar surface area (TPSA) is 51.2 Å². The van der Waals surface area contributed by atoms with Gasteiger partial charge in [-0.15, -0.1) is 0 Å². The third kappa shape index (κ3) is 3.49. The van der Waals surface area contributed by atoms with Crippen LogP contribution in [0.2, 0.25) is 0 Å². The number of ketones is 3. The van der Waals surface area contributed by atoms with Crippen LogP contribution < -0.4 is 0 Å². The zero-order valence-electron chi connectivity index (χ0n) is 24.5. The van der Waals surface area contributed by atoms with Crippen molar-refractivity contribution in [2.45, 2.75) is 24.7 Å². The summed E-state index contributed by atoms with van der Waals surface area (Å²) in [7, 11) is 0. The fourth-order valence-electron chi connectivity index (χ4n) is 8.62. The van der Waals surface area contributed by atoms with Gasteiger partial charge in [-0.1, -0.05) is 133 Å². The van der Waals surface area contributed by atoms with Gasteiger partial charge >= 0.3 is 0 Å². The molecule has 2 aliphatic carbocycles. The van der Waals surface area contributed by atoms with Crippen molar-refractivity contribution in [1.29, 1.82) is 0 Å². The highest BCUT2D eigenvalue weighted by molar-refractivity contribution is 6.32. The molecule has 214 valence electrons. The SMILES string of the molecule is O=C1C[C@H](c2cc3ccccc3c3ccccc23)C2(C(=O)c3ccccc3C2=O)[C@H](c2cc3ccccc3c3ccccc23)C1. The van der Waals surface area contributed by atoms with Gasteiger partial charge in [0.1, 0.15) is 11.2 Å². The minimum Gasteiger partial charge on any atom is -0.300 e. The number of benzene rings is 7. The van der Waals surface area contributed by atoms with Crippen LogP contribution in [0.15, 0.2) is 133 Å². The Hall–Kier alpha value is -5.41. The second-order valence-electron chi connectivity index (χ2n) is 12.6. The molecule has 45 heavy (non-hydrogen) atoms. The van der Waals surface area contributed by atoms with E-state index in [1.807, 2.05) is 60.7 Å². The standard InChI is InChI=1S/C42H28O3/c43-27-23-38(36-21-25-11-1-3-13-28(25)30-15-5-7-17-32(30)36)42(40(44)34-19-9-10-20-35(34)41(42)45)39(24-27)37-22-26-12-2-4-14-29(26)31-16-6-8-18-33(31)37/h1-22,38-39H,23-24H2/t38-,39+. The highest BCUT2D eigenvalue weighted by atomic mass is 16.2. The molecular formula is C42H28O3. The molecule has 0 bridgehead atoms. The Morgan fingerprint density at radius 1 is 0.422 bits per heavy atom. The lowest BCUT2D eigenvalue weighted by Gasteiger charge is -2.45. The van der Waals surface area contributed by atoms with Crippen LogP contribution in [0.25, 0.3) is 43.1 Å². The van der Waals surface area contributed by atoms with Crippen molar-refractivity contribution in [1.82, 2.24) is 0 Å². The van der Waals surface area contributed by atoms with E-state index in [-0.39, 0.29) is 30.2 Å². The van der Waals surface area contributed by atoms with E-state index >= 15 is 9.59 Å². The van der Waals surface area contributed by atoms with Gasteiger partial charge in [-0.2, -0.15) is 0 Å². The third-order valence-electron chi connectivity index (χ3n) is 10.5. The summed E-state index contributed by atoms with van der Waals surface area (Å²) in [6.45, 7) is 0. The molecule has 3 nitrogen and oxygen atoms in total. The maximum atomic E-state index is 15.1. The molecule has 1 spiro atoms.